The number of aromatic nitrogens is 1. The Morgan fingerprint density at radius 1 is 1.04 bits per heavy atom. The normalized spacial score (nSPS) is 12.6. The number of pyridine rings is 1. The monoisotopic (exact) mass is 434 g/mol. The van der Waals surface area contributed by atoms with Crippen molar-refractivity contribution in [3.05, 3.63) is 69.2 Å². The van der Waals surface area contributed by atoms with Gasteiger partial charge in [0.2, 0.25) is 0 Å². The summed E-state index contributed by atoms with van der Waals surface area (Å²) >= 11 is 12.9. The predicted octanol–water partition coefficient (Wildman–Crippen LogP) is 8.02. The summed E-state index contributed by atoms with van der Waals surface area (Å²) in [5.41, 5.74) is 2.77. The molecule has 1 atom stereocenters. The first-order valence-electron chi connectivity index (χ1n) is 9.91. The molecule has 1 aromatic carbocycles. The standard InChI is InChI=1S/C22H28Cl2N2OSi/c1-5-28(6-2,7-3)27-21(22-19(23)15-26-16-20(22)24)10-8-9-17-11-13-18(25-4)14-12-17/h11-16,21H,5-10H2,1-3H3. The van der Waals surface area contributed by atoms with E-state index in [0.29, 0.717) is 15.7 Å². The Morgan fingerprint density at radius 3 is 2.11 bits per heavy atom. The molecule has 0 radical (unpaired) electrons. The van der Waals surface area contributed by atoms with Crippen molar-refractivity contribution in [2.75, 3.05) is 0 Å². The number of aryl methyl sites for hydroxylation is 1. The Morgan fingerprint density at radius 2 is 1.61 bits per heavy atom. The van der Waals surface area contributed by atoms with Gasteiger partial charge in [-0.15, -0.1) is 0 Å². The second-order valence-electron chi connectivity index (χ2n) is 7.04. The summed E-state index contributed by atoms with van der Waals surface area (Å²) < 4.78 is 6.81. The summed E-state index contributed by atoms with van der Waals surface area (Å²) in [5, 5.41) is 1.15. The maximum Gasteiger partial charge on any atom is 0.192 e. The summed E-state index contributed by atoms with van der Waals surface area (Å²) in [6.45, 7) is 13.7. The summed E-state index contributed by atoms with van der Waals surface area (Å²) in [5.74, 6) is 0. The van der Waals surface area contributed by atoms with Gasteiger partial charge in [-0.05, 0) is 37.4 Å². The van der Waals surface area contributed by atoms with E-state index in [1.165, 1.54) is 5.56 Å². The molecule has 28 heavy (non-hydrogen) atoms. The molecule has 0 amide bonds. The fraction of sp³-hybridized carbons (Fsp3) is 0.455. The van der Waals surface area contributed by atoms with Gasteiger partial charge in [0.1, 0.15) is 0 Å². The minimum atomic E-state index is -1.82. The van der Waals surface area contributed by atoms with Crippen LogP contribution in [0.2, 0.25) is 28.2 Å². The van der Waals surface area contributed by atoms with E-state index in [4.69, 9.17) is 34.2 Å². The quantitative estimate of drug-likeness (QED) is 0.279. The Bertz CT molecular complexity index is 773. The smallest absolute Gasteiger partial charge is 0.192 e. The molecule has 1 heterocycles. The highest BCUT2D eigenvalue weighted by Gasteiger charge is 2.33. The van der Waals surface area contributed by atoms with Crippen LogP contribution in [0.15, 0.2) is 36.7 Å². The average molecular weight is 435 g/mol. The number of hydrogen-bond donors (Lipinski definition) is 0. The maximum atomic E-state index is 7.06. The Hall–Kier alpha value is -1.38. The van der Waals surface area contributed by atoms with Crippen LogP contribution in [-0.2, 0) is 10.8 Å². The van der Waals surface area contributed by atoms with E-state index in [9.17, 15) is 0 Å². The summed E-state index contributed by atoms with van der Waals surface area (Å²) in [7, 11) is -1.82. The van der Waals surface area contributed by atoms with Gasteiger partial charge < -0.3 is 4.43 Å². The molecule has 1 aromatic heterocycles. The molecule has 0 saturated heterocycles. The molecule has 2 aromatic rings. The second kappa shape index (κ2) is 11.0. The van der Waals surface area contributed by atoms with E-state index in [2.05, 4.69) is 30.6 Å². The van der Waals surface area contributed by atoms with Gasteiger partial charge in [-0.25, -0.2) is 4.85 Å². The van der Waals surface area contributed by atoms with Crippen molar-refractivity contribution in [1.29, 1.82) is 0 Å². The van der Waals surface area contributed by atoms with E-state index < -0.39 is 8.32 Å². The largest absolute Gasteiger partial charge is 0.410 e. The Labute approximate surface area is 180 Å². The van der Waals surface area contributed by atoms with Crippen LogP contribution >= 0.6 is 23.2 Å². The van der Waals surface area contributed by atoms with Crippen LogP contribution in [0, 0.1) is 6.57 Å². The van der Waals surface area contributed by atoms with E-state index in [0.717, 1.165) is 43.0 Å². The molecule has 2 rings (SSSR count). The van der Waals surface area contributed by atoms with Gasteiger partial charge in [-0.3, -0.25) is 4.98 Å². The van der Waals surface area contributed by atoms with Crippen molar-refractivity contribution < 1.29 is 4.43 Å². The Balaban J connectivity index is 2.19. The maximum absolute atomic E-state index is 7.06. The molecule has 0 aliphatic heterocycles. The van der Waals surface area contributed by atoms with Gasteiger partial charge in [0.05, 0.1) is 22.7 Å². The zero-order chi connectivity index (χ0) is 20.6. The van der Waals surface area contributed by atoms with Gasteiger partial charge >= 0.3 is 0 Å². The van der Waals surface area contributed by atoms with Crippen LogP contribution in [0.5, 0.6) is 0 Å². The molecular formula is C22H28Cl2N2OSi. The highest BCUT2D eigenvalue weighted by atomic mass is 35.5. The third kappa shape index (κ3) is 5.81. The van der Waals surface area contributed by atoms with Crippen LogP contribution in [0.4, 0.5) is 5.69 Å². The number of rotatable bonds is 10. The average Bonchev–Trinajstić information content (AvgIpc) is 2.72. The van der Waals surface area contributed by atoms with Crippen LogP contribution in [-0.4, -0.2) is 13.3 Å². The molecular weight excluding hydrogens is 407 g/mol. The minimum absolute atomic E-state index is 0.114. The molecule has 0 bridgehead atoms. The number of hydrogen-bond acceptors (Lipinski definition) is 2. The lowest BCUT2D eigenvalue weighted by Crippen LogP contribution is -2.37. The van der Waals surface area contributed by atoms with Crippen LogP contribution in [0.1, 0.15) is 50.8 Å². The van der Waals surface area contributed by atoms with Crippen LogP contribution in [0.3, 0.4) is 0 Å². The van der Waals surface area contributed by atoms with Gasteiger partial charge in [0.15, 0.2) is 14.0 Å². The topological polar surface area (TPSA) is 26.5 Å². The predicted molar refractivity (Wildman–Crippen MR) is 121 cm³/mol. The molecule has 3 nitrogen and oxygen atoms in total. The van der Waals surface area contributed by atoms with Gasteiger partial charge in [-0.1, -0.05) is 73.8 Å². The highest BCUT2D eigenvalue weighted by Crippen LogP contribution is 2.39. The number of halogens is 2. The first-order chi connectivity index (χ1) is 13.5. The molecule has 0 fully saturated rings. The van der Waals surface area contributed by atoms with Crippen molar-refractivity contribution >= 4 is 37.2 Å². The van der Waals surface area contributed by atoms with E-state index >= 15 is 0 Å². The fourth-order valence-corrected chi connectivity index (χ4v) is 6.97. The highest BCUT2D eigenvalue weighted by molar-refractivity contribution is 6.73. The molecule has 0 aliphatic carbocycles. The zero-order valence-corrected chi connectivity index (χ0v) is 19.4. The van der Waals surface area contributed by atoms with E-state index in [-0.39, 0.29) is 6.10 Å². The summed E-state index contributed by atoms with van der Waals surface area (Å²) in [6, 6.07) is 11.0. The van der Waals surface area contributed by atoms with Crippen LogP contribution in [0.25, 0.3) is 4.85 Å². The van der Waals surface area contributed by atoms with Gasteiger partial charge in [0, 0.05) is 18.0 Å². The molecule has 0 N–H and O–H groups in total. The fourth-order valence-electron chi connectivity index (χ4n) is 3.52. The van der Waals surface area contributed by atoms with Crippen molar-refractivity contribution in [3.63, 3.8) is 0 Å². The van der Waals surface area contributed by atoms with E-state index in [1.54, 1.807) is 12.4 Å². The first kappa shape index (κ1) is 22.9. The number of benzene rings is 1. The third-order valence-electron chi connectivity index (χ3n) is 5.53. The summed E-state index contributed by atoms with van der Waals surface area (Å²) in [4.78, 5) is 7.54. The molecule has 150 valence electrons. The van der Waals surface area contributed by atoms with Gasteiger partial charge in [-0.2, -0.15) is 0 Å². The lowest BCUT2D eigenvalue weighted by Gasteiger charge is -2.34. The zero-order valence-electron chi connectivity index (χ0n) is 16.8. The SMILES string of the molecule is [C-]#[N+]c1ccc(CCCC(O[Si](CC)(CC)CC)c2c(Cl)cncc2Cl)cc1. The molecule has 6 heteroatoms. The first-order valence-corrected chi connectivity index (χ1v) is 13.2. The number of nitrogens with zero attached hydrogens (tertiary/aromatic N) is 2. The van der Waals surface area contributed by atoms with E-state index in [1.807, 2.05) is 24.3 Å². The summed E-state index contributed by atoms with van der Waals surface area (Å²) in [6.07, 6.45) is 5.92. The lowest BCUT2D eigenvalue weighted by atomic mass is 10.0. The molecule has 1 unspecified atom stereocenters. The minimum Gasteiger partial charge on any atom is -0.410 e. The van der Waals surface area contributed by atoms with Crippen molar-refractivity contribution in [2.45, 2.75) is 64.3 Å². The van der Waals surface area contributed by atoms with Crippen molar-refractivity contribution in [2.24, 2.45) is 0 Å². The molecule has 0 saturated carbocycles. The van der Waals surface area contributed by atoms with Crippen molar-refractivity contribution in [3.8, 4) is 0 Å². The lowest BCUT2D eigenvalue weighted by molar-refractivity contribution is 0.176. The van der Waals surface area contributed by atoms with Crippen LogP contribution < -0.4 is 0 Å². The third-order valence-corrected chi connectivity index (χ3v) is 10.8. The van der Waals surface area contributed by atoms with Crippen molar-refractivity contribution in [1.82, 2.24) is 4.98 Å². The van der Waals surface area contributed by atoms with Gasteiger partial charge in [0.25, 0.3) is 0 Å². The molecule has 0 aliphatic rings. The Kier molecular flexibility index (Phi) is 8.97. The molecule has 0 spiro atoms. The second-order valence-corrected chi connectivity index (χ2v) is 12.6.